The largest absolute Gasteiger partial charge is 0.324 e. The van der Waals surface area contributed by atoms with Gasteiger partial charge in [-0.3, -0.25) is 19.3 Å². The zero-order chi connectivity index (χ0) is 17.0. The Morgan fingerprint density at radius 1 is 1.21 bits per heavy atom. The van der Waals surface area contributed by atoms with Crippen LogP contribution in [0.3, 0.4) is 0 Å². The Kier molecular flexibility index (Phi) is 3.60. The monoisotopic (exact) mass is 388 g/mol. The van der Waals surface area contributed by atoms with Crippen molar-refractivity contribution >= 4 is 39.3 Å². The summed E-state index contributed by atoms with van der Waals surface area (Å²) in [4.78, 5) is 38.6. The maximum Gasteiger partial charge on any atom is 0.244 e. The zero-order valence-electron chi connectivity index (χ0n) is 13.2. The Morgan fingerprint density at radius 3 is 2.42 bits per heavy atom. The number of rotatable bonds is 3. The van der Waals surface area contributed by atoms with Crippen LogP contribution < -0.4 is 5.32 Å². The molecule has 4 atom stereocenters. The second-order valence-electron chi connectivity index (χ2n) is 6.77. The fourth-order valence-corrected chi connectivity index (χ4v) is 4.70. The van der Waals surface area contributed by atoms with Crippen molar-refractivity contribution in [2.45, 2.75) is 13.3 Å². The highest BCUT2D eigenvalue weighted by Crippen LogP contribution is 2.52. The molecular formula is C18H17BrN2O3. The van der Waals surface area contributed by atoms with Crippen LogP contribution in [0, 0.1) is 30.6 Å². The molecule has 1 aromatic carbocycles. The molecule has 1 aromatic rings. The van der Waals surface area contributed by atoms with E-state index in [1.54, 1.807) is 6.07 Å². The second-order valence-corrected chi connectivity index (χ2v) is 7.69. The normalized spacial score (nSPS) is 30.2. The molecule has 1 aliphatic heterocycles. The highest BCUT2D eigenvalue weighted by atomic mass is 79.9. The van der Waals surface area contributed by atoms with Gasteiger partial charge >= 0.3 is 0 Å². The van der Waals surface area contributed by atoms with Crippen molar-refractivity contribution < 1.29 is 14.4 Å². The number of allylic oxidation sites excluding steroid dienone is 2. The number of imide groups is 1. The third-order valence-electron chi connectivity index (χ3n) is 5.33. The van der Waals surface area contributed by atoms with Crippen molar-refractivity contribution in [2.24, 2.45) is 23.7 Å². The van der Waals surface area contributed by atoms with Gasteiger partial charge in [0.2, 0.25) is 17.7 Å². The number of amides is 3. The van der Waals surface area contributed by atoms with Crippen molar-refractivity contribution in [1.82, 2.24) is 4.90 Å². The first kappa shape index (κ1) is 15.6. The average Bonchev–Trinajstić information content (AvgIpc) is 3.20. The molecule has 0 unspecified atom stereocenters. The Labute approximate surface area is 148 Å². The summed E-state index contributed by atoms with van der Waals surface area (Å²) in [6.45, 7) is 1.68. The number of carbonyl (C=O) groups is 3. The predicted molar refractivity (Wildman–Crippen MR) is 91.9 cm³/mol. The van der Waals surface area contributed by atoms with Gasteiger partial charge in [0.1, 0.15) is 6.54 Å². The molecule has 3 aliphatic rings. The van der Waals surface area contributed by atoms with E-state index in [9.17, 15) is 14.4 Å². The van der Waals surface area contributed by atoms with E-state index in [1.807, 2.05) is 31.2 Å². The molecule has 1 saturated heterocycles. The minimum Gasteiger partial charge on any atom is -0.324 e. The predicted octanol–water partition coefficient (Wildman–Crippen LogP) is 2.50. The lowest BCUT2D eigenvalue weighted by atomic mass is 9.85. The van der Waals surface area contributed by atoms with E-state index in [-0.39, 0.29) is 47.9 Å². The first-order valence-corrected chi connectivity index (χ1v) is 8.84. The highest BCUT2D eigenvalue weighted by Gasteiger charge is 2.59. The summed E-state index contributed by atoms with van der Waals surface area (Å²) in [5.41, 5.74) is 1.60. The summed E-state index contributed by atoms with van der Waals surface area (Å²) in [5, 5.41) is 2.79. The van der Waals surface area contributed by atoms with E-state index in [0.717, 1.165) is 21.4 Å². The van der Waals surface area contributed by atoms with Gasteiger partial charge in [0, 0.05) is 10.2 Å². The number of nitrogens with zero attached hydrogens (tertiary/aromatic N) is 1. The van der Waals surface area contributed by atoms with E-state index in [2.05, 4.69) is 21.2 Å². The van der Waals surface area contributed by atoms with Gasteiger partial charge in [0.05, 0.1) is 11.8 Å². The molecule has 0 aromatic heterocycles. The summed E-state index contributed by atoms with van der Waals surface area (Å²) in [6.07, 6.45) is 4.99. The van der Waals surface area contributed by atoms with Gasteiger partial charge in [-0.2, -0.15) is 0 Å². The van der Waals surface area contributed by atoms with E-state index < -0.39 is 0 Å². The fraction of sp³-hybridized carbons (Fsp3) is 0.389. The number of anilines is 1. The Hall–Kier alpha value is -1.95. The summed E-state index contributed by atoms with van der Waals surface area (Å²) in [6, 6.07) is 5.53. The van der Waals surface area contributed by atoms with Crippen LogP contribution in [0.1, 0.15) is 12.0 Å². The van der Waals surface area contributed by atoms with Crippen LogP contribution in [0.2, 0.25) is 0 Å². The number of nitrogens with one attached hydrogen (secondary N) is 1. The average molecular weight is 389 g/mol. The molecule has 2 aliphatic carbocycles. The topological polar surface area (TPSA) is 66.5 Å². The van der Waals surface area contributed by atoms with Gasteiger partial charge in [0.25, 0.3) is 0 Å². The third-order valence-corrected chi connectivity index (χ3v) is 5.82. The maximum atomic E-state index is 12.6. The zero-order valence-corrected chi connectivity index (χ0v) is 14.7. The lowest BCUT2D eigenvalue weighted by Crippen LogP contribution is -2.39. The molecule has 0 radical (unpaired) electrons. The molecule has 2 fully saturated rings. The van der Waals surface area contributed by atoms with E-state index >= 15 is 0 Å². The van der Waals surface area contributed by atoms with E-state index in [0.29, 0.717) is 5.69 Å². The van der Waals surface area contributed by atoms with Crippen LogP contribution in [0.5, 0.6) is 0 Å². The number of benzene rings is 1. The summed E-state index contributed by atoms with van der Waals surface area (Å²) in [5.74, 6) is -0.905. The van der Waals surface area contributed by atoms with Gasteiger partial charge in [-0.1, -0.05) is 28.1 Å². The molecule has 0 spiro atoms. The smallest absolute Gasteiger partial charge is 0.244 e. The number of halogens is 1. The van der Waals surface area contributed by atoms with Crippen LogP contribution in [0.4, 0.5) is 5.69 Å². The number of hydrogen-bond donors (Lipinski definition) is 1. The third kappa shape index (κ3) is 2.32. The molecule has 4 rings (SSSR count). The van der Waals surface area contributed by atoms with Gasteiger partial charge in [-0.25, -0.2) is 0 Å². The van der Waals surface area contributed by atoms with Crippen LogP contribution in [-0.4, -0.2) is 29.2 Å². The molecule has 5 nitrogen and oxygen atoms in total. The number of likely N-dealkylation sites (tertiary alicyclic amines) is 1. The van der Waals surface area contributed by atoms with Crippen molar-refractivity contribution in [3.05, 3.63) is 40.4 Å². The van der Waals surface area contributed by atoms with Crippen molar-refractivity contribution in [2.75, 3.05) is 11.9 Å². The van der Waals surface area contributed by atoms with Crippen molar-refractivity contribution in [1.29, 1.82) is 0 Å². The van der Waals surface area contributed by atoms with Gasteiger partial charge in [-0.15, -0.1) is 0 Å². The molecule has 124 valence electrons. The van der Waals surface area contributed by atoms with Gasteiger partial charge in [0.15, 0.2) is 0 Å². The highest BCUT2D eigenvalue weighted by molar-refractivity contribution is 9.10. The van der Waals surface area contributed by atoms with E-state index in [4.69, 9.17) is 0 Å². The number of carbonyl (C=O) groups excluding carboxylic acids is 3. The minimum absolute atomic E-state index is 0.165. The van der Waals surface area contributed by atoms with Crippen LogP contribution in [-0.2, 0) is 14.4 Å². The van der Waals surface area contributed by atoms with Gasteiger partial charge < -0.3 is 5.32 Å². The summed E-state index contributed by atoms with van der Waals surface area (Å²) in [7, 11) is 0. The minimum atomic E-state index is -0.345. The van der Waals surface area contributed by atoms with Crippen molar-refractivity contribution in [3.8, 4) is 0 Å². The number of fused-ring (bicyclic) bond motifs is 5. The number of hydrogen-bond acceptors (Lipinski definition) is 3. The van der Waals surface area contributed by atoms with Crippen LogP contribution in [0.15, 0.2) is 34.8 Å². The quantitative estimate of drug-likeness (QED) is 0.638. The first-order valence-electron chi connectivity index (χ1n) is 8.05. The Bertz CT molecular complexity index is 758. The molecule has 1 heterocycles. The lowest BCUT2D eigenvalue weighted by Gasteiger charge is -2.17. The molecule has 2 bridgehead atoms. The van der Waals surface area contributed by atoms with Crippen LogP contribution >= 0.6 is 15.9 Å². The SMILES string of the molecule is Cc1cc(Br)ccc1NC(=O)CN1C(=O)[C@@H]2[C@H](C1=O)[C@H]1C=C[C@H]2C1. The number of aryl methyl sites for hydroxylation is 1. The fourth-order valence-electron chi connectivity index (χ4n) is 4.22. The molecule has 1 N–H and O–H groups in total. The van der Waals surface area contributed by atoms with Crippen molar-refractivity contribution in [3.63, 3.8) is 0 Å². The lowest BCUT2D eigenvalue weighted by molar-refractivity contribution is -0.143. The Balaban J connectivity index is 1.47. The second kappa shape index (κ2) is 5.55. The first-order chi connectivity index (χ1) is 11.5. The molecule has 1 saturated carbocycles. The van der Waals surface area contributed by atoms with E-state index in [1.165, 1.54) is 0 Å². The standard InChI is InChI=1S/C18H17BrN2O3/c1-9-6-12(19)4-5-13(9)20-14(22)8-21-17(23)15-10-2-3-11(7-10)16(15)18(21)24/h2-6,10-11,15-16H,7-8H2,1H3,(H,20,22)/t10-,11-,15-,16+/m0/s1. The van der Waals surface area contributed by atoms with Gasteiger partial charge in [-0.05, 0) is 48.9 Å². The van der Waals surface area contributed by atoms with Crippen LogP contribution in [0.25, 0.3) is 0 Å². The molecular weight excluding hydrogens is 372 g/mol. The maximum absolute atomic E-state index is 12.6. The molecule has 24 heavy (non-hydrogen) atoms. The summed E-state index contributed by atoms with van der Waals surface area (Å²) >= 11 is 3.38. The Morgan fingerprint density at radius 2 is 1.83 bits per heavy atom. The molecule has 6 heteroatoms. The molecule has 3 amide bonds. The summed E-state index contributed by atoms with van der Waals surface area (Å²) < 4.78 is 0.929.